The van der Waals surface area contributed by atoms with Gasteiger partial charge in [0.1, 0.15) is 0 Å². The Morgan fingerprint density at radius 3 is 2.25 bits per heavy atom. The summed E-state index contributed by atoms with van der Waals surface area (Å²) < 4.78 is 1.43. The summed E-state index contributed by atoms with van der Waals surface area (Å²) in [4.78, 5) is 23.8. The molecule has 20 heavy (non-hydrogen) atoms. The van der Waals surface area contributed by atoms with Gasteiger partial charge in [-0.1, -0.05) is 17.7 Å². The Kier molecular flexibility index (Phi) is 3.74. The van der Waals surface area contributed by atoms with Crippen LogP contribution >= 0.6 is 0 Å². The van der Waals surface area contributed by atoms with Crippen LogP contribution in [0.5, 0.6) is 0 Å². The number of anilines is 1. The van der Waals surface area contributed by atoms with Crippen LogP contribution in [0.1, 0.15) is 27.0 Å². The molecule has 0 saturated heterocycles. The first-order valence-corrected chi connectivity index (χ1v) is 6.44. The van der Waals surface area contributed by atoms with Crippen molar-refractivity contribution in [1.82, 2.24) is 4.57 Å². The van der Waals surface area contributed by atoms with Crippen molar-refractivity contribution >= 4 is 11.6 Å². The smallest absolute Gasteiger partial charge is 0.255 e. The zero-order valence-corrected chi connectivity index (χ0v) is 12.2. The number of amides is 1. The molecular formula is C16H18N2O2. The maximum Gasteiger partial charge on any atom is 0.255 e. The highest BCUT2D eigenvalue weighted by Gasteiger charge is 2.11. The largest absolute Gasteiger partial charge is 0.321 e. The summed E-state index contributed by atoms with van der Waals surface area (Å²) in [6, 6.07) is 7.02. The predicted molar refractivity (Wildman–Crippen MR) is 80.3 cm³/mol. The van der Waals surface area contributed by atoms with E-state index in [1.807, 2.05) is 32.9 Å². The number of hydrogen-bond acceptors (Lipinski definition) is 2. The Labute approximate surface area is 118 Å². The number of nitrogens with zero attached hydrogens (tertiary/aromatic N) is 1. The monoisotopic (exact) mass is 270 g/mol. The number of pyridine rings is 1. The molecule has 104 valence electrons. The first-order valence-electron chi connectivity index (χ1n) is 6.44. The fourth-order valence-corrected chi connectivity index (χ4v) is 2.25. The Morgan fingerprint density at radius 1 is 1.10 bits per heavy atom. The van der Waals surface area contributed by atoms with Gasteiger partial charge in [-0.3, -0.25) is 9.59 Å². The highest BCUT2D eigenvalue weighted by Crippen LogP contribution is 2.22. The van der Waals surface area contributed by atoms with Crippen molar-refractivity contribution in [1.29, 1.82) is 0 Å². The van der Waals surface area contributed by atoms with Gasteiger partial charge in [0.15, 0.2) is 0 Å². The number of hydrogen-bond donors (Lipinski definition) is 1. The zero-order chi connectivity index (χ0) is 14.9. The molecule has 0 aliphatic carbocycles. The zero-order valence-electron chi connectivity index (χ0n) is 12.2. The molecule has 0 atom stereocenters. The number of benzene rings is 1. The fourth-order valence-electron chi connectivity index (χ4n) is 2.25. The molecule has 0 aliphatic heterocycles. The van der Waals surface area contributed by atoms with E-state index in [1.54, 1.807) is 19.3 Å². The highest BCUT2D eigenvalue weighted by atomic mass is 16.2. The molecule has 1 N–H and O–H groups in total. The number of aromatic nitrogens is 1. The Morgan fingerprint density at radius 2 is 1.70 bits per heavy atom. The highest BCUT2D eigenvalue weighted by molar-refractivity contribution is 6.04. The van der Waals surface area contributed by atoms with E-state index in [0.717, 1.165) is 22.4 Å². The molecule has 2 aromatic rings. The minimum Gasteiger partial charge on any atom is -0.321 e. The van der Waals surface area contributed by atoms with E-state index in [0.29, 0.717) is 5.56 Å². The van der Waals surface area contributed by atoms with Crippen LogP contribution < -0.4 is 10.9 Å². The standard InChI is InChI=1S/C16H18N2O2/c1-10-7-11(2)15(12(3)8-10)17-16(20)13-5-6-18(4)14(19)9-13/h5-9H,1-4H3,(H,17,20). The average molecular weight is 270 g/mol. The third-order valence-corrected chi connectivity index (χ3v) is 3.28. The molecular weight excluding hydrogens is 252 g/mol. The lowest BCUT2D eigenvalue weighted by atomic mass is 10.0. The lowest BCUT2D eigenvalue weighted by Crippen LogP contribution is -2.20. The molecule has 1 heterocycles. The fraction of sp³-hybridized carbons (Fsp3) is 0.250. The van der Waals surface area contributed by atoms with Gasteiger partial charge in [0.25, 0.3) is 11.5 Å². The summed E-state index contributed by atoms with van der Waals surface area (Å²) in [5.41, 5.74) is 4.16. The van der Waals surface area contributed by atoms with Gasteiger partial charge in [-0.25, -0.2) is 0 Å². The first-order chi connectivity index (χ1) is 9.38. The molecule has 1 aromatic heterocycles. The van der Waals surface area contributed by atoms with Crippen LogP contribution in [0.2, 0.25) is 0 Å². The van der Waals surface area contributed by atoms with Crippen molar-refractivity contribution < 1.29 is 4.79 Å². The van der Waals surface area contributed by atoms with E-state index in [9.17, 15) is 9.59 Å². The van der Waals surface area contributed by atoms with Crippen LogP contribution in [0.4, 0.5) is 5.69 Å². The summed E-state index contributed by atoms with van der Waals surface area (Å²) in [6.45, 7) is 5.94. The van der Waals surface area contributed by atoms with Gasteiger partial charge in [-0.15, -0.1) is 0 Å². The Balaban J connectivity index is 2.32. The second-order valence-corrected chi connectivity index (χ2v) is 5.09. The SMILES string of the molecule is Cc1cc(C)c(NC(=O)c2ccn(C)c(=O)c2)c(C)c1. The van der Waals surface area contributed by atoms with Crippen LogP contribution in [0, 0.1) is 20.8 Å². The quantitative estimate of drug-likeness (QED) is 0.911. The van der Waals surface area contributed by atoms with Crippen molar-refractivity contribution in [2.75, 3.05) is 5.32 Å². The molecule has 4 heteroatoms. The van der Waals surface area contributed by atoms with Gasteiger partial charge in [0.05, 0.1) is 0 Å². The van der Waals surface area contributed by atoms with Crippen molar-refractivity contribution in [3.8, 4) is 0 Å². The van der Waals surface area contributed by atoms with Crippen LogP contribution in [0.15, 0.2) is 35.3 Å². The molecule has 2 rings (SSSR count). The second-order valence-electron chi connectivity index (χ2n) is 5.09. The maximum atomic E-state index is 12.2. The third kappa shape index (κ3) is 2.79. The van der Waals surface area contributed by atoms with Crippen LogP contribution in [0.3, 0.4) is 0 Å². The van der Waals surface area contributed by atoms with Gasteiger partial charge in [-0.2, -0.15) is 0 Å². The van der Waals surface area contributed by atoms with Crippen molar-refractivity contribution in [3.05, 3.63) is 63.1 Å². The number of aryl methyl sites for hydroxylation is 4. The second kappa shape index (κ2) is 5.33. The molecule has 1 aromatic carbocycles. The van der Waals surface area contributed by atoms with E-state index in [1.165, 1.54) is 10.6 Å². The normalized spacial score (nSPS) is 10.4. The lowest BCUT2D eigenvalue weighted by molar-refractivity contribution is 0.102. The Bertz CT molecular complexity index is 706. The molecule has 0 aliphatic rings. The van der Waals surface area contributed by atoms with Gasteiger partial charge in [0.2, 0.25) is 0 Å². The van der Waals surface area contributed by atoms with Gasteiger partial charge < -0.3 is 9.88 Å². The molecule has 0 radical (unpaired) electrons. The number of rotatable bonds is 2. The topological polar surface area (TPSA) is 51.1 Å². The molecule has 0 fully saturated rings. The average Bonchev–Trinajstić information content (AvgIpc) is 2.36. The van der Waals surface area contributed by atoms with E-state index in [4.69, 9.17) is 0 Å². The summed E-state index contributed by atoms with van der Waals surface area (Å²) in [5.74, 6) is -0.266. The molecule has 0 saturated carbocycles. The first kappa shape index (κ1) is 14.1. The summed E-state index contributed by atoms with van der Waals surface area (Å²) >= 11 is 0. The minimum atomic E-state index is -0.266. The summed E-state index contributed by atoms with van der Waals surface area (Å²) in [5, 5.41) is 2.88. The molecule has 0 bridgehead atoms. The van der Waals surface area contributed by atoms with E-state index in [-0.39, 0.29) is 11.5 Å². The van der Waals surface area contributed by atoms with Crippen molar-refractivity contribution in [2.45, 2.75) is 20.8 Å². The van der Waals surface area contributed by atoms with Gasteiger partial charge in [0, 0.05) is 30.6 Å². The minimum absolute atomic E-state index is 0.199. The van der Waals surface area contributed by atoms with E-state index < -0.39 is 0 Å². The van der Waals surface area contributed by atoms with E-state index in [2.05, 4.69) is 5.32 Å². The van der Waals surface area contributed by atoms with Crippen molar-refractivity contribution in [3.63, 3.8) is 0 Å². The molecule has 0 unspecified atom stereocenters. The maximum absolute atomic E-state index is 12.2. The van der Waals surface area contributed by atoms with Gasteiger partial charge >= 0.3 is 0 Å². The number of carbonyl (C=O) groups is 1. The predicted octanol–water partition coefficient (Wildman–Crippen LogP) is 2.56. The van der Waals surface area contributed by atoms with Crippen LogP contribution in [-0.2, 0) is 7.05 Å². The van der Waals surface area contributed by atoms with Gasteiger partial charge in [-0.05, 0) is 38.0 Å². The van der Waals surface area contributed by atoms with Crippen LogP contribution in [-0.4, -0.2) is 10.5 Å². The van der Waals surface area contributed by atoms with Crippen molar-refractivity contribution in [2.24, 2.45) is 7.05 Å². The molecule has 4 nitrogen and oxygen atoms in total. The summed E-state index contributed by atoms with van der Waals surface area (Å²) in [6.07, 6.45) is 1.59. The number of carbonyl (C=O) groups excluding carboxylic acids is 1. The molecule has 0 spiro atoms. The number of nitrogens with one attached hydrogen (secondary N) is 1. The Hall–Kier alpha value is -2.36. The third-order valence-electron chi connectivity index (χ3n) is 3.28. The summed E-state index contributed by atoms with van der Waals surface area (Å²) in [7, 11) is 1.65. The van der Waals surface area contributed by atoms with Crippen LogP contribution in [0.25, 0.3) is 0 Å². The van der Waals surface area contributed by atoms with E-state index >= 15 is 0 Å². The molecule has 1 amide bonds. The lowest BCUT2D eigenvalue weighted by Gasteiger charge is -2.13.